The summed E-state index contributed by atoms with van der Waals surface area (Å²) in [5.41, 5.74) is 1.04. The van der Waals surface area contributed by atoms with E-state index in [4.69, 9.17) is 9.47 Å². The van der Waals surface area contributed by atoms with Gasteiger partial charge in [0.15, 0.2) is 0 Å². The molecule has 0 aromatic heterocycles. The normalized spacial score (nSPS) is 16.8. The van der Waals surface area contributed by atoms with Gasteiger partial charge in [0.05, 0.1) is 14.2 Å². The van der Waals surface area contributed by atoms with Crippen LogP contribution in [0.3, 0.4) is 0 Å². The summed E-state index contributed by atoms with van der Waals surface area (Å²) in [6.07, 6.45) is 7.80. The number of ether oxygens (including phenoxy) is 2. The van der Waals surface area contributed by atoms with Crippen molar-refractivity contribution in [2.24, 2.45) is 5.92 Å². The molecule has 1 aliphatic rings. The Kier molecular flexibility index (Phi) is 5.67. The van der Waals surface area contributed by atoms with Crippen LogP contribution < -0.4 is 14.8 Å². The Balaban J connectivity index is 1.82. The van der Waals surface area contributed by atoms with E-state index in [9.17, 15) is 4.79 Å². The second kappa shape index (κ2) is 7.72. The highest BCUT2D eigenvalue weighted by molar-refractivity contribution is 5.76. The third-order valence-corrected chi connectivity index (χ3v) is 3.76. The second-order valence-electron chi connectivity index (χ2n) is 5.25. The molecule has 0 spiro atoms. The molecule has 0 saturated heterocycles. The first-order chi connectivity index (χ1) is 10.2. The standard InChI is InChI=1S/C17H23NO3/c1-20-15-7-8-16(21-2)14(12-15)9-10-18-17(19)11-13-5-3-4-6-13/h3,5,7-8,12-13H,4,6,9-11H2,1-2H3,(H,18,19)/t13-/m1/s1. The van der Waals surface area contributed by atoms with Crippen molar-refractivity contribution in [1.82, 2.24) is 5.32 Å². The van der Waals surface area contributed by atoms with Crippen LogP contribution in [0.5, 0.6) is 11.5 Å². The van der Waals surface area contributed by atoms with Crippen LogP contribution in [0.25, 0.3) is 0 Å². The maximum atomic E-state index is 11.9. The van der Waals surface area contributed by atoms with E-state index < -0.39 is 0 Å². The number of amides is 1. The third kappa shape index (κ3) is 4.52. The van der Waals surface area contributed by atoms with Crippen molar-refractivity contribution in [3.63, 3.8) is 0 Å². The van der Waals surface area contributed by atoms with Crippen LogP contribution in [0, 0.1) is 5.92 Å². The average molecular weight is 289 g/mol. The van der Waals surface area contributed by atoms with Crippen LogP contribution in [0.1, 0.15) is 24.8 Å². The Bertz CT molecular complexity index is 511. The van der Waals surface area contributed by atoms with Crippen LogP contribution in [0.4, 0.5) is 0 Å². The number of rotatable bonds is 7. The van der Waals surface area contributed by atoms with E-state index in [2.05, 4.69) is 17.5 Å². The Morgan fingerprint density at radius 1 is 1.33 bits per heavy atom. The molecular weight excluding hydrogens is 266 g/mol. The number of carbonyl (C=O) groups excluding carboxylic acids is 1. The molecule has 4 nitrogen and oxygen atoms in total. The minimum atomic E-state index is 0.119. The fourth-order valence-electron chi connectivity index (χ4n) is 2.59. The summed E-state index contributed by atoms with van der Waals surface area (Å²) < 4.78 is 10.6. The third-order valence-electron chi connectivity index (χ3n) is 3.76. The Morgan fingerprint density at radius 3 is 2.86 bits per heavy atom. The zero-order valence-electron chi connectivity index (χ0n) is 12.7. The van der Waals surface area contributed by atoms with Gasteiger partial charge in [-0.1, -0.05) is 12.2 Å². The summed E-state index contributed by atoms with van der Waals surface area (Å²) in [5, 5.41) is 2.98. The number of benzene rings is 1. The van der Waals surface area contributed by atoms with E-state index in [0.717, 1.165) is 36.3 Å². The molecule has 114 valence electrons. The summed E-state index contributed by atoms with van der Waals surface area (Å²) in [6.45, 7) is 0.610. The summed E-state index contributed by atoms with van der Waals surface area (Å²) >= 11 is 0. The van der Waals surface area contributed by atoms with Crippen molar-refractivity contribution in [1.29, 1.82) is 0 Å². The van der Waals surface area contributed by atoms with E-state index in [0.29, 0.717) is 18.9 Å². The topological polar surface area (TPSA) is 47.6 Å². The lowest BCUT2D eigenvalue weighted by Crippen LogP contribution is -2.27. The average Bonchev–Trinajstić information content (AvgIpc) is 3.00. The van der Waals surface area contributed by atoms with Crippen molar-refractivity contribution >= 4 is 5.91 Å². The van der Waals surface area contributed by atoms with Gasteiger partial charge < -0.3 is 14.8 Å². The van der Waals surface area contributed by atoms with Gasteiger partial charge in [0.2, 0.25) is 5.91 Å². The molecule has 0 unspecified atom stereocenters. The summed E-state index contributed by atoms with van der Waals surface area (Å²) in [4.78, 5) is 11.9. The molecule has 1 aromatic carbocycles. The van der Waals surface area contributed by atoms with Crippen molar-refractivity contribution in [2.75, 3.05) is 20.8 Å². The van der Waals surface area contributed by atoms with Crippen molar-refractivity contribution in [3.05, 3.63) is 35.9 Å². The lowest BCUT2D eigenvalue weighted by Gasteiger charge is -2.12. The summed E-state index contributed by atoms with van der Waals surface area (Å²) in [7, 11) is 3.29. The van der Waals surface area contributed by atoms with Gasteiger partial charge in [0.1, 0.15) is 11.5 Å². The zero-order chi connectivity index (χ0) is 15.1. The molecule has 21 heavy (non-hydrogen) atoms. The number of allylic oxidation sites excluding steroid dienone is 2. The van der Waals surface area contributed by atoms with Gasteiger partial charge in [-0.15, -0.1) is 0 Å². The highest BCUT2D eigenvalue weighted by atomic mass is 16.5. The largest absolute Gasteiger partial charge is 0.497 e. The molecule has 0 aliphatic heterocycles. The molecule has 1 aromatic rings. The van der Waals surface area contributed by atoms with E-state index in [-0.39, 0.29) is 5.91 Å². The maximum Gasteiger partial charge on any atom is 0.220 e. The van der Waals surface area contributed by atoms with Crippen molar-refractivity contribution < 1.29 is 14.3 Å². The molecular formula is C17H23NO3. The number of nitrogens with one attached hydrogen (secondary N) is 1. The van der Waals surface area contributed by atoms with E-state index in [1.807, 2.05) is 18.2 Å². The van der Waals surface area contributed by atoms with Crippen molar-refractivity contribution in [3.8, 4) is 11.5 Å². The van der Waals surface area contributed by atoms with Gasteiger partial charge in [-0.2, -0.15) is 0 Å². The lowest BCUT2D eigenvalue weighted by atomic mass is 10.0. The van der Waals surface area contributed by atoms with Crippen LogP contribution in [0.2, 0.25) is 0 Å². The minimum absolute atomic E-state index is 0.119. The zero-order valence-corrected chi connectivity index (χ0v) is 12.7. The smallest absolute Gasteiger partial charge is 0.220 e. The molecule has 4 heteroatoms. The number of hydrogen-bond acceptors (Lipinski definition) is 3. The molecule has 0 fully saturated rings. The molecule has 1 aliphatic carbocycles. The molecule has 2 rings (SSSR count). The molecule has 1 N–H and O–H groups in total. The fraction of sp³-hybridized carbons (Fsp3) is 0.471. The van der Waals surface area contributed by atoms with E-state index >= 15 is 0 Å². The molecule has 0 heterocycles. The lowest BCUT2D eigenvalue weighted by molar-refractivity contribution is -0.121. The number of hydrogen-bond donors (Lipinski definition) is 1. The van der Waals surface area contributed by atoms with Gasteiger partial charge in [0, 0.05) is 13.0 Å². The predicted octanol–water partition coefficient (Wildman–Crippen LogP) is 2.72. The van der Waals surface area contributed by atoms with Gasteiger partial charge in [0.25, 0.3) is 0 Å². The van der Waals surface area contributed by atoms with E-state index in [1.165, 1.54) is 0 Å². The Morgan fingerprint density at radius 2 is 2.19 bits per heavy atom. The SMILES string of the molecule is COc1ccc(OC)c(CCNC(=O)C[C@@H]2C=CCC2)c1. The summed E-state index contributed by atoms with van der Waals surface area (Å²) in [6, 6.07) is 5.71. The van der Waals surface area contributed by atoms with Crippen molar-refractivity contribution in [2.45, 2.75) is 25.7 Å². The monoisotopic (exact) mass is 289 g/mol. The van der Waals surface area contributed by atoms with Gasteiger partial charge >= 0.3 is 0 Å². The molecule has 1 atom stereocenters. The Labute approximate surface area is 126 Å². The Hall–Kier alpha value is -1.97. The maximum absolute atomic E-state index is 11.9. The molecule has 0 bridgehead atoms. The van der Waals surface area contributed by atoms with Crippen LogP contribution in [0.15, 0.2) is 30.4 Å². The van der Waals surface area contributed by atoms with Gasteiger partial charge in [-0.05, 0) is 48.9 Å². The first kappa shape index (κ1) is 15.4. The van der Waals surface area contributed by atoms with Crippen LogP contribution >= 0.6 is 0 Å². The highest BCUT2D eigenvalue weighted by Crippen LogP contribution is 2.24. The van der Waals surface area contributed by atoms with Crippen LogP contribution in [-0.2, 0) is 11.2 Å². The molecule has 0 saturated carbocycles. The van der Waals surface area contributed by atoms with E-state index in [1.54, 1.807) is 14.2 Å². The fourth-order valence-corrected chi connectivity index (χ4v) is 2.59. The van der Waals surface area contributed by atoms with Gasteiger partial charge in [-0.3, -0.25) is 4.79 Å². The molecule has 1 amide bonds. The number of methoxy groups -OCH3 is 2. The minimum Gasteiger partial charge on any atom is -0.497 e. The number of carbonyl (C=O) groups is 1. The quantitative estimate of drug-likeness (QED) is 0.785. The second-order valence-corrected chi connectivity index (χ2v) is 5.25. The van der Waals surface area contributed by atoms with Crippen LogP contribution in [-0.4, -0.2) is 26.7 Å². The first-order valence-electron chi connectivity index (χ1n) is 7.37. The predicted molar refractivity (Wildman–Crippen MR) is 82.7 cm³/mol. The highest BCUT2D eigenvalue weighted by Gasteiger charge is 2.13. The van der Waals surface area contributed by atoms with Gasteiger partial charge in [-0.25, -0.2) is 0 Å². The molecule has 0 radical (unpaired) electrons. The summed E-state index contributed by atoms with van der Waals surface area (Å²) in [5.74, 6) is 2.15. The first-order valence-corrected chi connectivity index (χ1v) is 7.37.